The summed E-state index contributed by atoms with van der Waals surface area (Å²) in [6, 6.07) is 0. The Labute approximate surface area is 121 Å². The average Bonchev–Trinajstić information content (AvgIpc) is 2.38. The highest BCUT2D eigenvalue weighted by molar-refractivity contribution is 5.87. The van der Waals surface area contributed by atoms with E-state index >= 15 is 0 Å². The molecule has 1 atom stereocenters. The molecule has 0 rings (SSSR count). The van der Waals surface area contributed by atoms with Gasteiger partial charge in [0.15, 0.2) is 0 Å². The number of hydrogen-bond donors (Lipinski definition) is 0. The molecular weight excluding hydrogens is 256 g/mol. The van der Waals surface area contributed by atoms with Gasteiger partial charge in [0, 0.05) is 17.6 Å². The molecule has 0 fully saturated rings. The van der Waals surface area contributed by atoms with Gasteiger partial charge < -0.3 is 9.47 Å². The van der Waals surface area contributed by atoms with Crippen molar-refractivity contribution in [3.63, 3.8) is 0 Å². The average molecular weight is 282 g/mol. The Kier molecular flexibility index (Phi) is 9.43. The van der Waals surface area contributed by atoms with Gasteiger partial charge in [-0.3, -0.25) is 0 Å². The van der Waals surface area contributed by atoms with E-state index in [0.717, 1.165) is 25.7 Å². The maximum absolute atomic E-state index is 11.5. The second-order valence-corrected chi connectivity index (χ2v) is 5.01. The molecule has 0 aromatic carbocycles. The minimum Gasteiger partial charge on any atom is -0.462 e. The maximum atomic E-state index is 11.5. The van der Waals surface area contributed by atoms with Gasteiger partial charge in [-0.25, -0.2) is 9.59 Å². The van der Waals surface area contributed by atoms with Crippen LogP contribution >= 0.6 is 0 Å². The van der Waals surface area contributed by atoms with Crippen LogP contribution in [0.2, 0.25) is 0 Å². The Morgan fingerprint density at radius 2 is 1.60 bits per heavy atom. The van der Waals surface area contributed by atoms with E-state index in [1.807, 2.05) is 0 Å². The molecule has 20 heavy (non-hydrogen) atoms. The molecule has 0 saturated heterocycles. The van der Waals surface area contributed by atoms with E-state index < -0.39 is 11.9 Å². The zero-order valence-electron chi connectivity index (χ0n) is 12.9. The predicted molar refractivity (Wildman–Crippen MR) is 79.2 cm³/mol. The van der Waals surface area contributed by atoms with Gasteiger partial charge in [0.25, 0.3) is 0 Å². The standard InChI is InChI=1S/C16H26O4/c1-6-7-8-9-14(20-16(18)13(4)5)10-11-19-15(17)12(2)3/h14H,2,4,6-11H2,1,3,5H3. The Morgan fingerprint density at radius 3 is 2.10 bits per heavy atom. The van der Waals surface area contributed by atoms with Gasteiger partial charge in [-0.05, 0) is 26.7 Å². The van der Waals surface area contributed by atoms with Crippen molar-refractivity contribution in [1.82, 2.24) is 0 Å². The summed E-state index contributed by atoms with van der Waals surface area (Å²) in [6.45, 7) is 12.6. The lowest BCUT2D eigenvalue weighted by Gasteiger charge is -2.18. The van der Waals surface area contributed by atoms with Crippen LogP contribution in [0.4, 0.5) is 0 Å². The molecule has 0 radical (unpaired) electrons. The van der Waals surface area contributed by atoms with E-state index in [1.165, 1.54) is 0 Å². The van der Waals surface area contributed by atoms with Crippen molar-refractivity contribution < 1.29 is 19.1 Å². The van der Waals surface area contributed by atoms with Crippen LogP contribution in [0.1, 0.15) is 52.9 Å². The monoisotopic (exact) mass is 282 g/mol. The predicted octanol–water partition coefficient (Wildman–Crippen LogP) is 3.56. The molecule has 0 bridgehead atoms. The second-order valence-electron chi connectivity index (χ2n) is 5.01. The summed E-state index contributed by atoms with van der Waals surface area (Å²) in [7, 11) is 0. The molecule has 0 aromatic heterocycles. The largest absolute Gasteiger partial charge is 0.462 e. The lowest BCUT2D eigenvalue weighted by molar-refractivity contribution is -0.146. The molecule has 0 saturated carbocycles. The smallest absolute Gasteiger partial charge is 0.333 e. The van der Waals surface area contributed by atoms with Crippen molar-refractivity contribution in [2.45, 2.75) is 59.0 Å². The van der Waals surface area contributed by atoms with E-state index in [9.17, 15) is 9.59 Å². The highest BCUT2D eigenvalue weighted by atomic mass is 16.6. The molecule has 4 heteroatoms. The Bertz CT molecular complexity index is 357. The van der Waals surface area contributed by atoms with Crippen molar-refractivity contribution in [2.75, 3.05) is 6.61 Å². The van der Waals surface area contributed by atoms with Crippen LogP contribution in [0.25, 0.3) is 0 Å². The first-order chi connectivity index (χ1) is 9.38. The SMILES string of the molecule is C=C(C)C(=O)OCCC(CCCCC)OC(=O)C(=C)C. The van der Waals surface area contributed by atoms with Crippen LogP contribution in [-0.2, 0) is 19.1 Å². The summed E-state index contributed by atoms with van der Waals surface area (Å²) in [6.07, 6.45) is 4.22. The fourth-order valence-corrected chi connectivity index (χ4v) is 1.54. The first-order valence-corrected chi connectivity index (χ1v) is 7.07. The topological polar surface area (TPSA) is 52.6 Å². The Balaban J connectivity index is 4.23. The molecule has 0 aliphatic rings. The molecule has 0 aromatic rings. The summed E-state index contributed by atoms with van der Waals surface area (Å²) in [5, 5.41) is 0. The highest BCUT2D eigenvalue weighted by Gasteiger charge is 2.15. The van der Waals surface area contributed by atoms with Crippen LogP contribution < -0.4 is 0 Å². The quantitative estimate of drug-likeness (QED) is 0.349. The lowest BCUT2D eigenvalue weighted by Crippen LogP contribution is -2.21. The van der Waals surface area contributed by atoms with Gasteiger partial charge >= 0.3 is 11.9 Å². The summed E-state index contributed by atoms with van der Waals surface area (Å²) < 4.78 is 10.4. The van der Waals surface area contributed by atoms with Crippen LogP contribution in [0, 0.1) is 0 Å². The van der Waals surface area contributed by atoms with Crippen LogP contribution in [0.5, 0.6) is 0 Å². The van der Waals surface area contributed by atoms with Gasteiger partial charge in [0.2, 0.25) is 0 Å². The van der Waals surface area contributed by atoms with Gasteiger partial charge in [-0.2, -0.15) is 0 Å². The minimum atomic E-state index is -0.413. The summed E-state index contributed by atoms with van der Waals surface area (Å²) in [4.78, 5) is 22.8. The van der Waals surface area contributed by atoms with Crippen LogP contribution in [0.15, 0.2) is 24.3 Å². The van der Waals surface area contributed by atoms with Crippen molar-refractivity contribution in [1.29, 1.82) is 0 Å². The lowest BCUT2D eigenvalue weighted by atomic mass is 10.1. The second kappa shape index (κ2) is 10.2. The van der Waals surface area contributed by atoms with Crippen molar-refractivity contribution in [3.05, 3.63) is 24.3 Å². The summed E-state index contributed by atoms with van der Waals surface area (Å²) in [5.41, 5.74) is 0.746. The van der Waals surface area contributed by atoms with Crippen molar-refractivity contribution in [3.8, 4) is 0 Å². The number of hydrogen-bond acceptors (Lipinski definition) is 4. The third-order valence-electron chi connectivity index (χ3n) is 2.77. The zero-order chi connectivity index (χ0) is 15.5. The third-order valence-corrected chi connectivity index (χ3v) is 2.77. The Hall–Kier alpha value is -1.58. The number of ether oxygens (including phenoxy) is 2. The number of unbranched alkanes of at least 4 members (excludes halogenated alkanes) is 2. The van der Waals surface area contributed by atoms with E-state index in [1.54, 1.807) is 13.8 Å². The number of carbonyl (C=O) groups excluding carboxylic acids is 2. The molecule has 0 amide bonds. The van der Waals surface area contributed by atoms with E-state index in [2.05, 4.69) is 20.1 Å². The highest BCUT2D eigenvalue weighted by Crippen LogP contribution is 2.13. The fourth-order valence-electron chi connectivity index (χ4n) is 1.54. The van der Waals surface area contributed by atoms with Crippen LogP contribution in [-0.4, -0.2) is 24.6 Å². The first-order valence-electron chi connectivity index (χ1n) is 7.07. The molecule has 0 N–H and O–H groups in total. The summed E-state index contributed by atoms with van der Waals surface area (Å²) >= 11 is 0. The van der Waals surface area contributed by atoms with Gasteiger partial charge in [0.1, 0.15) is 6.10 Å². The number of rotatable bonds is 10. The number of carbonyl (C=O) groups is 2. The first kappa shape index (κ1) is 18.4. The molecular formula is C16H26O4. The molecule has 4 nitrogen and oxygen atoms in total. The van der Waals surface area contributed by atoms with Gasteiger partial charge in [0.05, 0.1) is 6.61 Å². The molecule has 0 aliphatic heterocycles. The molecule has 0 aliphatic carbocycles. The maximum Gasteiger partial charge on any atom is 0.333 e. The normalized spacial score (nSPS) is 11.6. The zero-order valence-corrected chi connectivity index (χ0v) is 12.9. The Morgan fingerprint density at radius 1 is 1.00 bits per heavy atom. The van der Waals surface area contributed by atoms with Crippen molar-refractivity contribution >= 4 is 11.9 Å². The molecule has 114 valence electrons. The molecule has 1 unspecified atom stereocenters. The van der Waals surface area contributed by atoms with E-state index in [4.69, 9.17) is 9.47 Å². The summed E-state index contributed by atoms with van der Waals surface area (Å²) in [5.74, 6) is -0.804. The van der Waals surface area contributed by atoms with Gasteiger partial charge in [-0.1, -0.05) is 32.9 Å². The van der Waals surface area contributed by atoms with E-state index in [0.29, 0.717) is 17.6 Å². The third kappa shape index (κ3) is 8.51. The van der Waals surface area contributed by atoms with E-state index in [-0.39, 0.29) is 12.7 Å². The molecule has 0 heterocycles. The van der Waals surface area contributed by atoms with Crippen molar-refractivity contribution in [2.24, 2.45) is 0 Å². The molecule has 0 spiro atoms. The van der Waals surface area contributed by atoms with Gasteiger partial charge in [-0.15, -0.1) is 0 Å². The minimum absolute atomic E-state index is 0.228. The van der Waals surface area contributed by atoms with Crippen LogP contribution in [0.3, 0.4) is 0 Å². The number of esters is 2. The fraction of sp³-hybridized carbons (Fsp3) is 0.625.